The molecule has 14 heavy (non-hydrogen) atoms. The van der Waals surface area contributed by atoms with Crippen molar-refractivity contribution in [3.05, 3.63) is 0 Å². The summed E-state index contributed by atoms with van der Waals surface area (Å²) in [7, 11) is 1.48. The zero-order valence-electron chi connectivity index (χ0n) is 9.45. The van der Waals surface area contributed by atoms with Gasteiger partial charge in [-0.15, -0.1) is 11.8 Å². The first-order chi connectivity index (χ1) is 6.56. The Balaban J connectivity index is 2.47. The van der Waals surface area contributed by atoms with Gasteiger partial charge in [0.15, 0.2) is 0 Å². The monoisotopic (exact) mass is 216 g/mol. The summed E-state index contributed by atoms with van der Waals surface area (Å²) in [5.74, 6) is 1.16. The number of methoxy groups -OCH3 is 1. The second-order valence-electron chi connectivity index (χ2n) is 4.37. The van der Waals surface area contributed by atoms with Crippen molar-refractivity contribution in [3.8, 4) is 0 Å². The molecule has 0 radical (unpaired) electrons. The molecule has 82 valence electrons. The Morgan fingerprint density at radius 3 is 2.29 bits per heavy atom. The number of carbonyl (C=O) groups excluding carboxylic acids is 1. The number of hydrogen-bond acceptors (Lipinski definition) is 3. The summed E-state index contributed by atoms with van der Waals surface area (Å²) in [6.07, 6.45) is 2.38. The van der Waals surface area contributed by atoms with E-state index in [1.807, 2.05) is 0 Å². The Morgan fingerprint density at radius 1 is 1.36 bits per heavy atom. The molecule has 0 spiro atoms. The molecular weight excluding hydrogens is 196 g/mol. The van der Waals surface area contributed by atoms with Crippen molar-refractivity contribution >= 4 is 17.7 Å². The lowest BCUT2D eigenvalue weighted by Crippen LogP contribution is -2.24. The number of ether oxygens (including phenoxy) is 1. The molecule has 1 rings (SSSR count). The van der Waals surface area contributed by atoms with Crippen LogP contribution >= 0.6 is 11.8 Å². The van der Waals surface area contributed by atoms with Gasteiger partial charge < -0.3 is 4.74 Å². The highest BCUT2D eigenvalue weighted by atomic mass is 32.2. The number of hydrogen-bond donors (Lipinski definition) is 0. The molecule has 0 aliphatic heterocycles. The molecule has 0 heterocycles. The van der Waals surface area contributed by atoms with Crippen molar-refractivity contribution in [1.82, 2.24) is 0 Å². The zero-order chi connectivity index (χ0) is 10.7. The van der Waals surface area contributed by atoms with E-state index in [4.69, 9.17) is 4.74 Å². The van der Waals surface area contributed by atoms with Gasteiger partial charge in [0.05, 0.1) is 7.11 Å². The van der Waals surface area contributed by atoms with E-state index in [2.05, 4.69) is 20.8 Å². The van der Waals surface area contributed by atoms with Crippen LogP contribution in [0.2, 0.25) is 0 Å². The quantitative estimate of drug-likeness (QED) is 0.661. The summed E-state index contributed by atoms with van der Waals surface area (Å²) in [5.41, 5.74) is 0. The molecule has 2 atom stereocenters. The summed E-state index contributed by atoms with van der Waals surface area (Å²) < 4.78 is 4.83. The number of esters is 1. The number of rotatable bonds is 5. The van der Waals surface area contributed by atoms with Crippen LogP contribution in [0.4, 0.5) is 0 Å². The lowest BCUT2D eigenvalue weighted by Gasteiger charge is -2.20. The van der Waals surface area contributed by atoms with E-state index < -0.39 is 0 Å². The lowest BCUT2D eigenvalue weighted by molar-refractivity contribution is -0.140. The summed E-state index contributed by atoms with van der Waals surface area (Å²) in [5, 5.41) is 0.608. The Hall–Kier alpha value is -0.180. The molecule has 0 bridgehead atoms. The van der Waals surface area contributed by atoms with Gasteiger partial charge in [0.1, 0.15) is 5.25 Å². The van der Waals surface area contributed by atoms with E-state index in [1.165, 1.54) is 20.0 Å². The number of carbonyl (C=O) groups is 1. The molecule has 1 aliphatic carbocycles. The largest absolute Gasteiger partial charge is 0.468 e. The Morgan fingerprint density at radius 2 is 1.93 bits per heavy atom. The topological polar surface area (TPSA) is 26.3 Å². The first-order valence-corrected chi connectivity index (χ1v) is 6.23. The van der Waals surface area contributed by atoms with E-state index in [1.54, 1.807) is 11.8 Å². The summed E-state index contributed by atoms with van der Waals surface area (Å²) in [4.78, 5) is 11.5. The average Bonchev–Trinajstić information content (AvgIpc) is 2.95. The van der Waals surface area contributed by atoms with Crippen LogP contribution in [-0.4, -0.2) is 23.6 Å². The van der Waals surface area contributed by atoms with Crippen molar-refractivity contribution in [2.24, 2.45) is 11.8 Å². The van der Waals surface area contributed by atoms with Gasteiger partial charge in [-0.05, 0) is 24.7 Å². The minimum Gasteiger partial charge on any atom is -0.468 e. The van der Waals surface area contributed by atoms with Gasteiger partial charge in [-0.3, -0.25) is 4.79 Å². The maximum Gasteiger partial charge on any atom is 0.319 e. The first-order valence-electron chi connectivity index (χ1n) is 5.29. The molecule has 1 fully saturated rings. The summed E-state index contributed by atoms with van der Waals surface area (Å²) in [6.45, 7) is 6.57. The van der Waals surface area contributed by atoms with Gasteiger partial charge in [0.25, 0.3) is 0 Å². The van der Waals surface area contributed by atoms with Crippen LogP contribution in [0.3, 0.4) is 0 Å². The van der Waals surface area contributed by atoms with Crippen LogP contribution in [0.1, 0.15) is 33.6 Å². The highest BCUT2D eigenvalue weighted by molar-refractivity contribution is 8.01. The highest BCUT2D eigenvalue weighted by Crippen LogP contribution is 2.41. The maximum atomic E-state index is 11.5. The van der Waals surface area contributed by atoms with Crippen LogP contribution in [0.5, 0.6) is 0 Å². The fourth-order valence-corrected chi connectivity index (χ4v) is 2.74. The SMILES string of the molecule is COC(=O)C(SC(C)C(C)C)C1CC1. The molecule has 2 nitrogen and oxygen atoms in total. The zero-order valence-corrected chi connectivity index (χ0v) is 10.3. The van der Waals surface area contributed by atoms with E-state index in [0.29, 0.717) is 17.1 Å². The first kappa shape index (κ1) is 11.9. The molecule has 0 amide bonds. The molecule has 1 saturated carbocycles. The van der Waals surface area contributed by atoms with Crippen molar-refractivity contribution in [2.75, 3.05) is 7.11 Å². The Kier molecular flexibility index (Phi) is 4.30. The number of thioether (sulfide) groups is 1. The lowest BCUT2D eigenvalue weighted by atomic mass is 10.2. The van der Waals surface area contributed by atoms with Gasteiger partial charge in [-0.1, -0.05) is 20.8 Å². The molecule has 0 aromatic heterocycles. The molecule has 3 heteroatoms. The molecular formula is C11H20O2S. The second kappa shape index (κ2) is 5.06. The normalized spacial score (nSPS) is 20.6. The van der Waals surface area contributed by atoms with E-state index in [9.17, 15) is 4.79 Å². The third-order valence-corrected chi connectivity index (χ3v) is 4.63. The van der Waals surface area contributed by atoms with Crippen molar-refractivity contribution in [3.63, 3.8) is 0 Å². The Bertz CT molecular complexity index is 199. The molecule has 0 aromatic carbocycles. The molecule has 0 saturated heterocycles. The summed E-state index contributed by atoms with van der Waals surface area (Å²) >= 11 is 1.78. The predicted molar refractivity (Wildman–Crippen MR) is 60.4 cm³/mol. The smallest absolute Gasteiger partial charge is 0.319 e. The van der Waals surface area contributed by atoms with Crippen molar-refractivity contribution in [1.29, 1.82) is 0 Å². The van der Waals surface area contributed by atoms with Crippen LogP contribution < -0.4 is 0 Å². The van der Waals surface area contributed by atoms with Crippen molar-refractivity contribution in [2.45, 2.75) is 44.1 Å². The standard InChI is InChI=1S/C11H20O2S/c1-7(2)8(3)14-10(9-5-6-9)11(12)13-4/h7-10H,5-6H2,1-4H3. The minimum absolute atomic E-state index is 0.0370. The third kappa shape index (κ3) is 3.19. The Labute approximate surface area is 90.8 Å². The van der Waals surface area contributed by atoms with E-state index >= 15 is 0 Å². The van der Waals surface area contributed by atoms with Gasteiger partial charge in [0, 0.05) is 5.25 Å². The van der Waals surface area contributed by atoms with Gasteiger partial charge in [-0.2, -0.15) is 0 Å². The summed E-state index contributed by atoms with van der Waals surface area (Å²) in [6, 6.07) is 0. The second-order valence-corrected chi connectivity index (χ2v) is 5.89. The average molecular weight is 216 g/mol. The fraction of sp³-hybridized carbons (Fsp3) is 0.909. The predicted octanol–water partition coefficient (Wildman–Crippen LogP) is 2.72. The molecule has 1 aliphatic rings. The molecule has 0 aromatic rings. The van der Waals surface area contributed by atoms with Crippen LogP contribution in [-0.2, 0) is 9.53 Å². The van der Waals surface area contributed by atoms with Crippen molar-refractivity contribution < 1.29 is 9.53 Å². The molecule has 0 N–H and O–H groups in total. The van der Waals surface area contributed by atoms with Crippen LogP contribution in [0.25, 0.3) is 0 Å². The van der Waals surface area contributed by atoms with E-state index in [0.717, 1.165) is 0 Å². The minimum atomic E-state index is -0.0370. The fourth-order valence-electron chi connectivity index (χ4n) is 1.26. The maximum absolute atomic E-state index is 11.5. The van der Waals surface area contributed by atoms with E-state index in [-0.39, 0.29) is 11.2 Å². The molecule has 2 unspecified atom stereocenters. The third-order valence-electron chi connectivity index (χ3n) is 2.78. The van der Waals surface area contributed by atoms with Crippen LogP contribution in [0, 0.1) is 11.8 Å². The highest BCUT2D eigenvalue weighted by Gasteiger charge is 2.38. The van der Waals surface area contributed by atoms with Crippen LogP contribution in [0.15, 0.2) is 0 Å². The van der Waals surface area contributed by atoms with Gasteiger partial charge in [-0.25, -0.2) is 0 Å². The van der Waals surface area contributed by atoms with Gasteiger partial charge in [0.2, 0.25) is 0 Å². The van der Waals surface area contributed by atoms with Gasteiger partial charge >= 0.3 is 5.97 Å².